The Morgan fingerprint density at radius 2 is 2.00 bits per heavy atom. The second-order valence-corrected chi connectivity index (χ2v) is 6.75. The van der Waals surface area contributed by atoms with Gasteiger partial charge in [0.15, 0.2) is 5.82 Å². The van der Waals surface area contributed by atoms with E-state index in [2.05, 4.69) is 45.4 Å². The second kappa shape index (κ2) is 6.37. The predicted molar refractivity (Wildman–Crippen MR) is 90.1 cm³/mol. The highest BCUT2D eigenvalue weighted by molar-refractivity contribution is 7.99. The molecule has 0 aliphatic carbocycles. The number of rotatable bonds is 2. The van der Waals surface area contributed by atoms with E-state index in [9.17, 15) is 5.26 Å². The molecular formula is C17H18N4S. The normalized spacial score (nSPS) is 18.0. The molecule has 0 spiro atoms. The maximum absolute atomic E-state index is 9.49. The molecule has 2 heterocycles. The molecule has 1 saturated heterocycles. The zero-order chi connectivity index (χ0) is 15.5. The molecule has 22 heavy (non-hydrogen) atoms. The van der Waals surface area contributed by atoms with Crippen molar-refractivity contribution in [3.8, 4) is 6.07 Å². The summed E-state index contributed by atoms with van der Waals surface area (Å²) in [5.41, 5.74) is 3.74. The van der Waals surface area contributed by atoms with Crippen molar-refractivity contribution in [2.75, 3.05) is 23.7 Å². The molecule has 112 valence electrons. The van der Waals surface area contributed by atoms with Crippen LogP contribution in [0.5, 0.6) is 0 Å². The maximum atomic E-state index is 9.49. The van der Waals surface area contributed by atoms with Gasteiger partial charge in [-0.2, -0.15) is 22.1 Å². The van der Waals surface area contributed by atoms with E-state index in [1.165, 1.54) is 5.56 Å². The van der Waals surface area contributed by atoms with Gasteiger partial charge in [0.1, 0.15) is 11.6 Å². The number of aryl methyl sites for hydroxylation is 1. The minimum absolute atomic E-state index is 0.407. The molecule has 4 nitrogen and oxygen atoms in total. The van der Waals surface area contributed by atoms with E-state index in [-0.39, 0.29) is 0 Å². The zero-order valence-corrected chi connectivity index (χ0v) is 13.6. The fourth-order valence-electron chi connectivity index (χ4n) is 2.66. The first-order valence-corrected chi connectivity index (χ1v) is 8.41. The Morgan fingerprint density at radius 3 is 2.73 bits per heavy atom. The Kier molecular flexibility index (Phi) is 4.30. The highest BCUT2D eigenvalue weighted by Crippen LogP contribution is 2.35. The molecule has 0 bridgehead atoms. The number of benzene rings is 1. The van der Waals surface area contributed by atoms with Gasteiger partial charge in [0.05, 0.1) is 5.69 Å². The average molecular weight is 310 g/mol. The third-order valence-corrected chi connectivity index (χ3v) is 5.33. The molecule has 1 aliphatic rings. The fourth-order valence-corrected chi connectivity index (χ4v) is 3.91. The molecule has 0 radical (unpaired) electrons. The van der Waals surface area contributed by atoms with Crippen LogP contribution in [0.2, 0.25) is 0 Å². The number of hydrogen-bond acceptors (Lipinski definition) is 5. The Morgan fingerprint density at radius 1 is 1.23 bits per heavy atom. The van der Waals surface area contributed by atoms with Crippen molar-refractivity contribution in [1.29, 1.82) is 5.26 Å². The number of hydrogen-bond donors (Lipinski definition) is 0. The van der Waals surface area contributed by atoms with Gasteiger partial charge in [-0.25, -0.2) is 0 Å². The lowest BCUT2D eigenvalue weighted by Crippen LogP contribution is -2.36. The van der Waals surface area contributed by atoms with Crippen LogP contribution in [0, 0.1) is 25.2 Å². The van der Waals surface area contributed by atoms with Crippen LogP contribution in [0.15, 0.2) is 30.3 Å². The molecule has 1 aromatic heterocycles. The third kappa shape index (κ3) is 2.79. The summed E-state index contributed by atoms with van der Waals surface area (Å²) in [4.78, 5) is 2.20. The predicted octanol–water partition coefficient (Wildman–Crippen LogP) is 3.26. The standard InChI is InChI=1S/C17H18N4S/c1-12-13(2)19-20-17(15(12)10-18)21-8-9-22-16(11-21)14-6-4-3-5-7-14/h3-7,16H,8-9,11H2,1-2H3/t16-/m0/s1. The van der Waals surface area contributed by atoms with Gasteiger partial charge in [-0.1, -0.05) is 30.3 Å². The van der Waals surface area contributed by atoms with Gasteiger partial charge in [0.25, 0.3) is 0 Å². The second-order valence-electron chi connectivity index (χ2n) is 5.44. The van der Waals surface area contributed by atoms with Gasteiger partial charge in [0, 0.05) is 24.1 Å². The third-order valence-electron chi connectivity index (χ3n) is 4.09. The van der Waals surface area contributed by atoms with Crippen molar-refractivity contribution in [2.24, 2.45) is 0 Å². The number of nitriles is 1. The van der Waals surface area contributed by atoms with Crippen LogP contribution in [-0.4, -0.2) is 29.0 Å². The number of anilines is 1. The van der Waals surface area contributed by atoms with E-state index in [1.807, 2.05) is 31.7 Å². The average Bonchev–Trinajstić information content (AvgIpc) is 2.58. The number of aromatic nitrogens is 2. The molecule has 1 fully saturated rings. The van der Waals surface area contributed by atoms with Crippen molar-refractivity contribution < 1.29 is 0 Å². The van der Waals surface area contributed by atoms with Crippen LogP contribution in [0.25, 0.3) is 0 Å². The Balaban J connectivity index is 1.90. The molecular weight excluding hydrogens is 292 g/mol. The summed E-state index contributed by atoms with van der Waals surface area (Å²) in [5, 5.41) is 18.4. The van der Waals surface area contributed by atoms with Crippen LogP contribution in [-0.2, 0) is 0 Å². The highest BCUT2D eigenvalue weighted by Gasteiger charge is 2.25. The number of nitrogens with zero attached hydrogens (tertiary/aromatic N) is 4. The van der Waals surface area contributed by atoms with E-state index in [0.717, 1.165) is 35.9 Å². The van der Waals surface area contributed by atoms with Crippen LogP contribution >= 0.6 is 11.8 Å². The van der Waals surface area contributed by atoms with Crippen molar-refractivity contribution in [1.82, 2.24) is 10.2 Å². The van der Waals surface area contributed by atoms with Gasteiger partial charge < -0.3 is 4.90 Å². The summed E-state index contributed by atoms with van der Waals surface area (Å²) < 4.78 is 0. The summed E-state index contributed by atoms with van der Waals surface area (Å²) in [6.07, 6.45) is 0. The van der Waals surface area contributed by atoms with E-state index >= 15 is 0 Å². The van der Waals surface area contributed by atoms with Gasteiger partial charge in [-0.15, -0.1) is 5.10 Å². The summed E-state index contributed by atoms with van der Waals surface area (Å²) in [6, 6.07) is 12.8. The minimum atomic E-state index is 0.407. The van der Waals surface area contributed by atoms with Crippen LogP contribution < -0.4 is 4.90 Å². The molecule has 3 rings (SSSR count). The van der Waals surface area contributed by atoms with E-state index in [0.29, 0.717) is 10.8 Å². The maximum Gasteiger partial charge on any atom is 0.169 e. The van der Waals surface area contributed by atoms with Gasteiger partial charge >= 0.3 is 0 Å². The molecule has 0 saturated carbocycles. The quantitative estimate of drug-likeness (QED) is 0.852. The van der Waals surface area contributed by atoms with Crippen molar-refractivity contribution in [3.63, 3.8) is 0 Å². The molecule has 1 atom stereocenters. The highest BCUT2D eigenvalue weighted by atomic mass is 32.2. The minimum Gasteiger partial charge on any atom is -0.352 e. The van der Waals surface area contributed by atoms with E-state index in [1.54, 1.807) is 0 Å². The lowest BCUT2D eigenvalue weighted by Gasteiger charge is -2.33. The topological polar surface area (TPSA) is 52.8 Å². The zero-order valence-electron chi connectivity index (χ0n) is 12.8. The first kappa shape index (κ1) is 14.9. The van der Waals surface area contributed by atoms with Crippen LogP contribution in [0.1, 0.15) is 27.6 Å². The summed E-state index contributed by atoms with van der Waals surface area (Å²) in [7, 11) is 0. The molecule has 1 aromatic carbocycles. The summed E-state index contributed by atoms with van der Waals surface area (Å²) in [5.74, 6) is 1.76. The molecule has 0 amide bonds. The smallest absolute Gasteiger partial charge is 0.169 e. The lowest BCUT2D eigenvalue weighted by molar-refractivity contribution is 0.747. The molecule has 2 aromatic rings. The van der Waals surface area contributed by atoms with Crippen molar-refractivity contribution in [2.45, 2.75) is 19.1 Å². The van der Waals surface area contributed by atoms with E-state index < -0.39 is 0 Å². The molecule has 5 heteroatoms. The summed E-state index contributed by atoms with van der Waals surface area (Å²) >= 11 is 1.96. The largest absolute Gasteiger partial charge is 0.352 e. The van der Waals surface area contributed by atoms with Gasteiger partial charge in [-0.05, 0) is 25.0 Å². The fraction of sp³-hybridized carbons (Fsp3) is 0.353. The first-order chi connectivity index (χ1) is 10.7. The Hall–Kier alpha value is -2.06. The SMILES string of the molecule is Cc1nnc(N2CCS[C@H](c3ccccc3)C2)c(C#N)c1C. The van der Waals surface area contributed by atoms with Crippen molar-refractivity contribution >= 4 is 17.6 Å². The van der Waals surface area contributed by atoms with Crippen molar-refractivity contribution in [3.05, 3.63) is 52.7 Å². The van der Waals surface area contributed by atoms with Crippen LogP contribution in [0.3, 0.4) is 0 Å². The van der Waals surface area contributed by atoms with E-state index in [4.69, 9.17) is 0 Å². The molecule has 1 aliphatic heterocycles. The van der Waals surface area contributed by atoms with Gasteiger partial charge in [-0.3, -0.25) is 0 Å². The Bertz CT molecular complexity index is 709. The first-order valence-electron chi connectivity index (χ1n) is 7.36. The number of thioether (sulfide) groups is 1. The Labute approximate surface area is 135 Å². The van der Waals surface area contributed by atoms with Crippen LogP contribution in [0.4, 0.5) is 5.82 Å². The monoisotopic (exact) mass is 310 g/mol. The summed E-state index contributed by atoms with van der Waals surface area (Å²) in [6.45, 7) is 5.60. The lowest BCUT2D eigenvalue weighted by atomic mass is 10.1. The molecule has 0 N–H and O–H groups in total. The van der Waals surface area contributed by atoms with Gasteiger partial charge in [0.2, 0.25) is 0 Å². The molecule has 0 unspecified atom stereocenters.